The van der Waals surface area contributed by atoms with Crippen molar-refractivity contribution in [3.8, 4) is 17.2 Å². The number of carbonyl (C=O) groups is 1. The average Bonchev–Trinajstić information content (AvgIpc) is 2.81. The number of ether oxygens (including phenoxy) is 3. The molecular weight excluding hydrogens is 404 g/mol. The topological polar surface area (TPSA) is 74.0 Å². The van der Waals surface area contributed by atoms with Crippen molar-refractivity contribution < 1.29 is 19.0 Å². The summed E-state index contributed by atoms with van der Waals surface area (Å²) >= 11 is 0. The molecule has 178 valence electrons. The van der Waals surface area contributed by atoms with Crippen LogP contribution in [0.5, 0.6) is 17.2 Å². The molecule has 0 bridgehead atoms. The first kappa shape index (κ1) is 27.3. The fourth-order valence-electron chi connectivity index (χ4n) is 3.38. The SMILES string of the molecule is CCCCN(CC)CCc1ccc(OC)c(C)c1C.COc1cc(OC)cc(C(N)=O)c1. The third kappa shape index (κ3) is 8.42. The number of unbranched alkanes of at least 4 members (excludes halogenated alkanes) is 1. The Labute approximate surface area is 193 Å². The number of carbonyl (C=O) groups excluding carboxylic acids is 1. The fraction of sp³-hybridized carbons (Fsp3) is 0.500. The van der Waals surface area contributed by atoms with E-state index in [1.807, 2.05) is 0 Å². The van der Waals surface area contributed by atoms with Crippen molar-refractivity contribution in [2.24, 2.45) is 5.73 Å². The largest absolute Gasteiger partial charge is 0.497 e. The Morgan fingerprint density at radius 3 is 2.00 bits per heavy atom. The first-order valence-corrected chi connectivity index (χ1v) is 11.2. The van der Waals surface area contributed by atoms with E-state index in [2.05, 4.69) is 44.7 Å². The molecule has 32 heavy (non-hydrogen) atoms. The highest BCUT2D eigenvalue weighted by Gasteiger charge is 2.08. The van der Waals surface area contributed by atoms with Gasteiger partial charge in [-0.3, -0.25) is 4.79 Å². The molecule has 2 N–H and O–H groups in total. The monoisotopic (exact) mass is 444 g/mol. The molecule has 0 unspecified atom stereocenters. The van der Waals surface area contributed by atoms with Crippen molar-refractivity contribution in [3.63, 3.8) is 0 Å². The molecule has 0 atom stereocenters. The summed E-state index contributed by atoms with van der Waals surface area (Å²) in [6, 6.07) is 9.11. The number of hydrogen-bond donors (Lipinski definition) is 1. The average molecular weight is 445 g/mol. The van der Waals surface area contributed by atoms with E-state index in [4.69, 9.17) is 19.9 Å². The summed E-state index contributed by atoms with van der Waals surface area (Å²) < 4.78 is 15.3. The van der Waals surface area contributed by atoms with E-state index in [-0.39, 0.29) is 0 Å². The third-order valence-corrected chi connectivity index (χ3v) is 5.68. The van der Waals surface area contributed by atoms with Crippen LogP contribution < -0.4 is 19.9 Å². The highest BCUT2D eigenvalue weighted by molar-refractivity contribution is 5.93. The Morgan fingerprint density at radius 2 is 1.53 bits per heavy atom. The smallest absolute Gasteiger partial charge is 0.248 e. The molecule has 0 spiro atoms. The molecule has 0 saturated heterocycles. The van der Waals surface area contributed by atoms with Gasteiger partial charge in [-0.15, -0.1) is 0 Å². The van der Waals surface area contributed by atoms with E-state index in [1.165, 1.54) is 50.3 Å². The van der Waals surface area contributed by atoms with Gasteiger partial charge in [0.15, 0.2) is 0 Å². The highest BCUT2D eigenvalue weighted by atomic mass is 16.5. The molecule has 0 saturated carbocycles. The number of nitrogens with two attached hydrogens (primary N) is 1. The van der Waals surface area contributed by atoms with Gasteiger partial charge in [-0.1, -0.05) is 26.3 Å². The van der Waals surface area contributed by atoms with Crippen molar-refractivity contribution >= 4 is 5.91 Å². The molecule has 0 aliphatic carbocycles. The van der Waals surface area contributed by atoms with Crippen LogP contribution >= 0.6 is 0 Å². The van der Waals surface area contributed by atoms with Crippen LogP contribution in [0.15, 0.2) is 30.3 Å². The van der Waals surface area contributed by atoms with Gasteiger partial charge in [-0.2, -0.15) is 0 Å². The maximum Gasteiger partial charge on any atom is 0.248 e. The second kappa shape index (κ2) is 14.4. The number of amides is 1. The maximum absolute atomic E-state index is 10.8. The van der Waals surface area contributed by atoms with Crippen LogP contribution in [0.2, 0.25) is 0 Å². The minimum atomic E-state index is -0.503. The van der Waals surface area contributed by atoms with Crippen LogP contribution in [0.4, 0.5) is 0 Å². The van der Waals surface area contributed by atoms with Gasteiger partial charge in [0.1, 0.15) is 17.2 Å². The number of benzene rings is 2. The Kier molecular flexibility index (Phi) is 12.2. The van der Waals surface area contributed by atoms with Crippen LogP contribution in [0.1, 0.15) is 53.7 Å². The Morgan fingerprint density at radius 1 is 0.906 bits per heavy atom. The summed E-state index contributed by atoms with van der Waals surface area (Å²) in [5.41, 5.74) is 9.59. The number of hydrogen-bond acceptors (Lipinski definition) is 5. The molecule has 0 radical (unpaired) electrons. The van der Waals surface area contributed by atoms with Gasteiger partial charge < -0.3 is 24.8 Å². The molecule has 2 rings (SSSR count). The van der Waals surface area contributed by atoms with Gasteiger partial charge >= 0.3 is 0 Å². The zero-order chi connectivity index (χ0) is 24.1. The summed E-state index contributed by atoms with van der Waals surface area (Å²) in [5.74, 6) is 1.60. The molecule has 2 aromatic carbocycles. The Hall–Kier alpha value is -2.73. The quantitative estimate of drug-likeness (QED) is 0.540. The molecule has 0 fully saturated rings. The van der Waals surface area contributed by atoms with Crippen molar-refractivity contribution in [2.45, 2.75) is 47.0 Å². The van der Waals surface area contributed by atoms with E-state index in [1.54, 1.807) is 25.3 Å². The van der Waals surface area contributed by atoms with Crippen molar-refractivity contribution in [3.05, 3.63) is 52.6 Å². The third-order valence-electron chi connectivity index (χ3n) is 5.68. The fourth-order valence-corrected chi connectivity index (χ4v) is 3.38. The second-order valence-corrected chi connectivity index (χ2v) is 7.68. The van der Waals surface area contributed by atoms with E-state index in [0.29, 0.717) is 17.1 Å². The van der Waals surface area contributed by atoms with Crippen LogP contribution in [0.3, 0.4) is 0 Å². The summed E-state index contributed by atoms with van der Waals surface area (Å²) in [5, 5.41) is 0. The van der Waals surface area contributed by atoms with E-state index < -0.39 is 5.91 Å². The van der Waals surface area contributed by atoms with Gasteiger partial charge in [-0.05, 0) is 74.7 Å². The maximum atomic E-state index is 10.8. The van der Waals surface area contributed by atoms with Crippen LogP contribution in [0.25, 0.3) is 0 Å². The summed E-state index contributed by atoms with van der Waals surface area (Å²) in [6.07, 6.45) is 3.71. The van der Waals surface area contributed by atoms with E-state index in [9.17, 15) is 4.79 Å². The molecule has 6 nitrogen and oxygen atoms in total. The second-order valence-electron chi connectivity index (χ2n) is 7.68. The molecule has 2 aromatic rings. The zero-order valence-electron chi connectivity index (χ0n) is 20.8. The zero-order valence-corrected chi connectivity index (χ0v) is 20.8. The van der Waals surface area contributed by atoms with Crippen LogP contribution in [-0.2, 0) is 6.42 Å². The minimum absolute atomic E-state index is 0.371. The standard InChI is InChI=1S/C17H29NO.C9H11NO3/c1-6-8-12-18(7-2)13-11-16-9-10-17(19-5)15(4)14(16)3;1-12-7-3-6(9(10)11)4-8(5-7)13-2/h9-10H,6-8,11-13H2,1-5H3;3-5H,1-2H3,(H2,10,11). The predicted molar refractivity (Wildman–Crippen MR) is 131 cm³/mol. The summed E-state index contributed by atoms with van der Waals surface area (Å²) in [7, 11) is 4.77. The predicted octanol–water partition coefficient (Wildman–Crippen LogP) is 4.78. The number of methoxy groups -OCH3 is 3. The number of nitrogens with zero attached hydrogens (tertiary/aromatic N) is 1. The van der Waals surface area contributed by atoms with Gasteiger partial charge in [0, 0.05) is 18.2 Å². The lowest BCUT2D eigenvalue weighted by Gasteiger charge is -2.21. The number of primary amides is 1. The number of rotatable bonds is 11. The summed E-state index contributed by atoms with van der Waals surface area (Å²) in [6.45, 7) is 12.4. The molecule has 0 aliphatic rings. The van der Waals surface area contributed by atoms with Gasteiger partial charge in [0.05, 0.1) is 21.3 Å². The van der Waals surface area contributed by atoms with Crippen molar-refractivity contribution in [1.29, 1.82) is 0 Å². The van der Waals surface area contributed by atoms with E-state index in [0.717, 1.165) is 25.3 Å². The molecule has 0 aliphatic heterocycles. The first-order chi connectivity index (χ1) is 15.3. The lowest BCUT2D eigenvalue weighted by atomic mass is 10.00. The number of likely N-dealkylation sites (N-methyl/N-ethyl adjacent to an activating group) is 1. The molecule has 1 amide bonds. The molecule has 0 heterocycles. The van der Waals surface area contributed by atoms with E-state index >= 15 is 0 Å². The lowest BCUT2D eigenvalue weighted by molar-refractivity contribution is 0.0999. The first-order valence-electron chi connectivity index (χ1n) is 11.2. The molecule has 0 aromatic heterocycles. The lowest BCUT2D eigenvalue weighted by Crippen LogP contribution is -2.27. The minimum Gasteiger partial charge on any atom is -0.497 e. The Bertz CT molecular complexity index is 830. The normalized spacial score (nSPS) is 10.4. The highest BCUT2D eigenvalue weighted by Crippen LogP contribution is 2.24. The van der Waals surface area contributed by atoms with Crippen LogP contribution in [-0.4, -0.2) is 51.8 Å². The van der Waals surface area contributed by atoms with Crippen molar-refractivity contribution in [2.75, 3.05) is 41.0 Å². The van der Waals surface area contributed by atoms with Crippen LogP contribution in [0, 0.1) is 13.8 Å². The van der Waals surface area contributed by atoms with Gasteiger partial charge in [0.25, 0.3) is 0 Å². The van der Waals surface area contributed by atoms with Crippen molar-refractivity contribution in [1.82, 2.24) is 4.90 Å². The van der Waals surface area contributed by atoms with Gasteiger partial charge in [0.2, 0.25) is 5.91 Å². The molecular formula is C26H40N2O4. The summed E-state index contributed by atoms with van der Waals surface area (Å²) in [4.78, 5) is 13.4. The van der Waals surface area contributed by atoms with Gasteiger partial charge in [-0.25, -0.2) is 0 Å². The molecule has 6 heteroatoms. The Balaban J connectivity index is 0.000000343.